The Bertz CT molecular complexity index is 753. The van der Waals surface area contributed by atoms with E-state index in [1.54, 1.807) is 24.3 Å². The summed E-state index contributed by atoms with van der Waals surface area (Å²) in [5, 5.41) is 14.5. The number of amides is 2. The van der Waals surface area contributed by atoms with Crippen LogP contribution in [0.1, 0.15) is 55.0 Å². The standard InChI is InChI=1S/C18H20N2O4S/c1-2-3-10-19-16(21)13-6-4-12(5-7-13)11-20-17(22)14-8-9-15(25-14)18(23)24/h4-9H,2-3,10-11H2,1H3,(H,19,21)(H,20,22)(H,23,24). The molecule has 2 rings (SSSR count). The Morgan fingerprint density at radius 1 is 0.960 bits per heavy atom. The first-order valence-corrected chi connectivity index (χ1v) is 8.81. The van der Waals surface area contributed by atoms with E-state index in [0.717, 1.165) is 29.7 Å². The lowest BCUT2D eigenvalue weighted by Gasteiger charge is -2.07. The number of carbonyl (C=O) groups is 3. The van der Waals surface area contributed by atoms with Gasteiger partial charge in [-0.15, -0.1) is 11.3 Å². The van der Waals surface area contributed by atoms with Crippen molar-refractivity contribution in [2.24, 2.45) is 0 Å². The maximum absolute atomic E-state index is 12.0. The van der Waals surface area contributed by atoms with Crippen molar-refractivity contribution in [2.45, 2.75) is 26.3 Å². The molecule has 0 saturated heterocycles. The number of aromatic carboxylic acids is 1. The molecule has 132 valence electrons. The fourth-order valence-electron chi connectivity index (χ4n) is 2.10. The summed E-state index contributed by atoms with van der Waals surface area (Å²) in [4.78, 5) is 35.2. The third-order valence-corrected chi connectivity index (χ3v) is 4.60. The fourth-order valence-corrected chi connectivity index (χ4v) is 2.86. The minimum Gasteiger partial charge on any atom is -0.477 e. The highest BCUT2D eigenvalue weighted by Gasteiger charge is 2.12. The molecule has 1 aromatic heterocycles. The van der Waals surface area contributed by atoms with Crippen molar-refractivity contribution >= 4 is 29.1 Å². The van der Waals surface area contributed by atoms with Crippen LogP contribution in [0, 0.1) is 0 Å². The van der Waals surface area contributed by atoms with E-state index in [4.69, 9.17) is 5.11 Å². The first-order valence-electron chi connectivity index (χ1n) is 7.99. The molecule has 3 N–H and O–H groups in total. The summed E-state index contributed by atoms with van der Waals surface area (Å²) < 4.78 is 0. The lowest BCUT2D eigenvalue weighted by molar-refractivity contribution is 0.0701. The number of carboxylic acids is 1. The van der Waals surface area contributed by atoms with Gasteiger partial charge in [-0.3, -0.25) is 9.59 Å². The van der Waals surface area contributed by atoms with Crippen molar-refractivity contribution in [2.75, 3.05) is 6.54 Å². The monoisotopic (exact) mass is 360 g/mol. The number of hydrogen-bond acceptors (Lipinski definition) is 4. The molecule has 0 saturated carbocycles. The van der Waals surface area contributed by atoms with E-state index in [1.165, 1.54) is 12.1 Å². The van der Waals surface area contributed by atoms with Gasteiger partial charge in [-0.2, -0.15) is 0 Å². The molecule has 0 unspecified atom stereocenters. The zero-order chi connectivity index (χ0) is 18.2. The second-order valence-electron chi connectivity index (χ2n) is 5.46. The zero-order valence-corrected chi connectivity index (χ0v) is 14.7. The van der Waals surface area contributed by atoms with Crippen LogP contribution in [0.3, 0.4) is 0 Å². The Balaban J connectivity index is 1.87. The molecule has 0 atom stereocenters. The van der Waals surface area contributed by atoms with Crippen LogP contribution in [-0.4, -0.2) is 29.4 Å². The van der Waals surface area contributed by atoms with Gasteiger partial charge >= 0.3 is 5.97 Å². The smallest absolute Gasteiger partial charge is 0.345 e. The van der Waals surface area contributed by atoms with Crippen molar-refractivity contribution < 1.29 is 19.5 Å². The highest BCUT2D eigenvalue weighted by Crippen LogP contribution is 2.16. The molecule has 0 radical (unpaired) electrons. The Kier molecular flexibility index (Phi) is 6.71. The number of thiophene rings is 1. The van der Waals surface area contributed by atoms with E-state index in [-0.39, 0.29) is 16.7 Å². The van der Waals surface area contributed by atoms with Crippen LogP contribution < -0.4 is 10.6 Å². The molecule has 1 heterocycles. The molecule has 25 heavy (non-hydrogen) atoms. The number of unbranched alkanes of at least 4 members (excludes halogenated alkanes) is 1. The van der Waals surface area contributed by atoms with Gasteiger partial charge in [-0.05, 0) is 36.2 Å². The lowest BCUT2D eigenvalue weighted by atomic mass is 10.1. The van der Waals surface area contributed by atoms with Crippen molar-refractivity contribution in [1.29, 1.82) is 0 Å². The minimum absolute atomic E-state index is 0.108. The second kappa shape index (κ2) is 8.98. The molecule has 0 fully saturated rings. The molecular weight excluding hydrogens is 340 g/mol. The van der Waals surface area contributed by atoms with E-state index >= 15 is 0 Å². The first-order chi connectivity index (χ1) is 12.0. The van der Waals surface area contributed by atoms with Crippen LogP contribution in [-0.2, 0) is 6.54 Å². The van der Waals surface area contributed by atoms with Crippen molar-refractivity contribution in [1.82, 2.24) is 10.6 Å². The van der Waals surface area contributed by atoms with Crippen LogP contribution in [0.5, 0.6) is 0 Å². The topological polar surface area (TPSA) is 95.5 Å². The van der Waals surface area contributed by atoms with Crippen LogP contribution in [0.25, 0.3) is 0 Å². The summed E-state index contributed by atoms with van der Waals surface area (Å²) in [6, 6.07) is 9.91. The Morgan fingerprint density at radius 2 is 1.64 bits per heavy atom. The number of carboxylic acid groups (broad SMARTS) is 1. The van der Waals surface area contributed by atoms with Crippen molar-refractivity contribution in [3.63, 3.8) is 0 Å². The molecule has 0 aliphatic carbocycles. The van der Waals surface area contributed by atoms with E-state index in [0.29, 0.717) is 23.5 Å². The van der Waals surface area contributed by atoms with Crippen molar-refractivity contribution in [3.8, 4) is 0 Å². The number of benzene rings is 1. The summed E-state index contributed by atoms with van der Waals surface area (Å²) in [6.07, 6.45) is 1.97. The summed E-state index contributed by atoms with van der Waals surface area (Å²) in [5.74, 6) is -1.47. The molecule has 7 heteroatoms. The number of hydrogen-bond donors (Lipinski definition) is 3. The zero-order valence-electron chi connectivity index (χ0n) is 13.9. The molecule has 0 bridgehead atoms. The molecule has 6 nitrogen and oxygen atoms in total. The summed E-state index contributed by atoms with van der Waals surface area (Å²) >= 11 is 0.935. The number of nitrogens with one attached hydrogen (secondary N) is 2. The average molecular weight is 360 g/mol. The fraction of sp³-hybridized carbons (Fsp3) is 0.278. The minimum atomic E-state index is -1.04. The third-order valence-electron chi connectivity index (χ3n) is 3.53. The Hall–Kier alpha value is -2.67. The molecule has 2 amide bonds. The van der Waals surface area contributed by atoms with E-state index in [9.17, 15) is 14.4 Å². The maximum Gasteiger partial charge on any atom is 0.345 e. The highest BCUT2D eigenvalue weighted by molar-refractivity contribution is 7.15. The van der Waals surface area contributed by atoms with Gasteiger partial charge in [-0.1, -0.05) is 25.5 Å². The van der Waals surface area contributed by atoms with Gasteiger partial charge in [0.2, 0.25) is 0 Å². The Labute approximate surface area is 149 Å². The van der Waals surface area contributed by atoms with Gasteiger partial charge in [0.05, 0.1) is 4.88 Å². The number of rotatable bonds is 8. The molecular formula is C18H20N2O4S. The molecule has 1 aromatic carbocycles. The predicted molar refractivity (Wildman–Crippen MR) is 96.1 cm³/mol. The van der Waals surface area contributed by atoms with Gasteiger partial charge < -0.3 is 15.7 Å². The van der Waals surface area contributed by atoms with E-state index in [2.05, 4.69) is 17.6 Å². The van der Waals surface area contributed by atoms with Gasteiger partial charge in [0.15, 0.2) is 0 Å². The van der Waals surface area contributed by atoms with Crippen LogP contribution in [0.2, 0.25) is 0 Å². The molecule has 2 aromatic rings. The Morgan fingerprint density at radius 3 is 2.24 bits per heavy atom. The van der Waals surface area contributed by atoms with Gasteiger partial charge in [0.25, 0.3) is 11.8 Å². The summed E-state index contributed by atoms with van der Waals surface area (Å²) in [6.45, 7) is 3.02. The largest absolute Gasteiger partial charge is 0.477 e. The SMILES string of the molecule is CCCCNC(=O)c1ccc(CNC(=O)c2ccc(C(=O)O)s2)cc1. The van der Waals surface area contributed by atoms with E-state index < -0.39 is 5.97 Å². The molecule has 0 spiro atoms. The quantitative estimate of drug-likeness (QED) is 0.631. The second-order valence-corrected chi connectivity index (χ2v) is 6.54. The maximum atomic E-state index is 12.0. The van der Waals surface area contributed by atoms with Crippen molar-refractivity contribution in [3.05, 3.63) is 57.3 Å². The molecule has 0 aliphatic heterocycles. The van der Waals surface area contributed by atoms with Gasteiger partial charge in [0, 0.05) is 18.7 Å². The van der Waals surface area contributed by atoms with Crippen LogP contribution in [0.15, 0.2) is 36.4 Å². The van der Waals surface area contributed by atoms with Crippen LogP contribution in [0.4, 0.5) is 0 Å². The first kappa shape index (κ1) is 18.7. The predicted octanol–water partition coefficient (Wildman–Crippen LogP) is 2.91. The molecule has 0 aliphatic rings. The van der Waals surface area contributed by atoms with E-state index in [1.807, 2.05) is 0 Å². The third kappa shape index (κ3) is 5.42. The average Bonchev–Trinajstić information content (AvgIpc) is 3.11. The normalized spacial score (nSPS) is 10.3. The summed E-state index contributed by atoms with van der Waals surface area (Å²) in [7, 11) is 0. The number of carbonyl (C=O) groups excluding carboxylic acids is 2. The van der Waals surface area contributed by atoms with Gasteiger partial charge in [0.1, 0.15) is 4.88 Å². The highest BCUT2D eigenvalue weighted by atomic mass is 32.1. The van der Waals surface area contributed by atoms with Crippen LogP contribution >= 0.6 is 11.3 Å². The lowest BCUT2D eigenvalue weighted by Crippen LogP contribution is -2.24. The summed E-state index contributed by atoms with van der Waals surface area (Å²) in [5.41, 5.74) is 1.43. The van der Waals surface area contributed by atoms with Gasteiger partial charge in [-0.25, -0.2) is 4.79 Å².